The molecule has 0 N–H and O–H groups in total. The van der Waals surface area contributed by atoms with Crippen LogP contribution in [0.15, 0.2) is 24.5 Å². The second-order valence-corrected chi connectivity index (χ2v) is 2.79. The maximum absolute atomic E-state index is 4.28. The number of fused-ring (bicyclic) bond motifs is 1. The lowest BCUT2D eigenvalue weighted by Gasteiger charge is -1.91. The molecule has 2 heterocycles. The summed E-state index contributed by atoms with van der Waals surface area (Å²) in [5.74, 6) is 0. The van der Waals surface area contributed by atoms with Gasteiger partial charge in [-0.25, -0.2) is 0 Å². The SMILES string of the molecule is CC.Cc1cn(C)c2cccnc12. The van der Waals surface area contributed by atoms with Crippen LogP contribution in [0.5, 0.6) is 0 Å². The van der Waals surface area contributed by atoms with Gasteiger partial charge in [0.2, 0.25) is 0 Å². The fourth-order valence-electron chi connectivity index (χ4n) is 1.41. The van der Waals surface area contributed by atoms with E-state index in [1.54, 1.807) is 0 Å². The summed E-state index contributed by atoms with van der Waals surface area (Å²) in [6, 6.07) is 4.04. The van der Waals surface area contributed by atoms with E-state index >= 15 is 0 Å². The normalized spacial score (nSPS) is 9.54. The largest absolute Gasteiger partial charge is 0.349 e. The van der Waals surface area contributed by atoms with E-state index in [4.69, 9.17) is 0 Å². The Morgan fingerprint density at radius 3 is 2.62 bits per heavy atom. The molecule has 2 nitrogen and oxygen atoms in total. The second-order valence-electron chi connectivity index (χ2n) is 2.79. The average Bonchev–Trinajstić information content (AvgIpc) is 2.47. The van der Waals surface area contributed by atoms with Crippen LogP contribution in [-0.2, 0) is 7.05 Å². The molecule has 0 aromatic carbocycles. The van der Waals surface area contributed by atoms with Crippen molar-refractivity contribution in [3.63, 3.8) is 0 Å². The van der Waals surface area contributed by atoms with E-state index in [0.29, 0.717) is 0 Å². The van der Waals surface area contributed by atoms with Gasteiger partial charge in [-0.1, -0.05) is 13.8 Å². The molecule has 0 saturated heterocycles. The van der Waals surface area contributed by atoms with Crippen LogP contribution in [0.2, 0.25) is 0 Å². The van der Waals surface area contributed by atoms with Crippen LogP contribution in [0.1, 0.15) is 19.4 Å². The van der Waals surface area contributed by atoms with Crippen molar-refractivity contribution in [1.82, 2.24) is 9.55 Å². The van der Waals surface area contributed by atoms with Gasteiger partial charge in [0, 0.05) is 19.4 Å². The van der Waals surface area contributed by atoms with E-state index in [2.05, 4.69) is 28.7 Å². The minimum Gasteiger partial charge on any atom is -0.349 e. The van der Waals surface area contributed by atoms with Crippen LogP contribution in [0.4, 0.5) is 0 Å². The van der Waals surface area contributed by atoms with Crippen LogP contribution in [0, 0.1) is 6.92 Å². The molecule has 0 atom stereocenters. The maximum Gasteiger partial charge on any atom is 0.0909 e. The molecule has 2 aromatic heterocycles. The van der Waals surface area contributed by atoms with E-state index in [1.807, 2.05) is 33.2 Å². The summed E-state index contributed by atoms with van der Waals surface area (Å²) in [4.78, 5) is 4.28. The number of aryl methyl sites for hydroxylation is 2. The van der Waals surface area contributed by atoms with Crippen molar-refractivity contribution in [2.24, 2.45) is 7.05 Å². The van der Waals surface area contributed by atoms with E-state index in [9.17, 15) is 0 Å². The number of aromatic nitrogens is 2. The van der Waals surface area contributed by atoms with Gasteiger partial charge in [0.15, 0.2) is 0 Å². The predicted molar refractivity (Wildman–Crippen MR) is 56.8 cm³/mol. The molecule has 0 unspecified atom stereocenters. The molecule has 2 rings (SSSR count). The molecule has 0 fully saturated rings. The minimum atomic E-state index is 1.11. The highest BCUT2D eigenvalue weighted by molar-refractivity contribution is 5.78. The Hall–Kier alpha value is -1.31. The van der Waals surface area contributed by atoms with E-state index in [-0.39, 0.29) is 0 Å². The fourth-order valence-corrected chi connectivity index (χ4v) is 1.41. The number of hydrogen-bond acceptors (Lipinski definition) is 1. The summed E-state index contributed by atoms with van der Waals surface area (Å²) in [6.07, 6.45) is 3.92. The summed E-state index contributed by atoms with van der Waals surface area (Å²) in [5.41, 5.74) is 3.54. The van der Waals surface area contributed by atoms with Crippen molar-refractivity contribution in [2.75, 3.05) is 0 Å². The lowest BCUT2D eigenvalue weighted by molar-refractivity contribution is 0.963. The van der Waals surface area contributed by atoms with Crippen LogP contribution >= 0.6 is 0 Å². The van der Waals surface area contributed by atoms with Crippen molar-refractivity contribution in [3.05, 3.63) is 30.1 Å². The number of rotatable bonds is 0. The zero-order valence-electron chi connectivity index (χ0n) is 8.70. The molecule has 0 amide bonds. The highest BCUT2D eigenvalue weighted by Crippen LogP contribution is 2.15. The lowest BCUT2D eigenvalue weighted by Crippen LogP contribution is -1.82. The molecule has 13 heavy (non-hydrogen) atoms. The van der Waals surface area contributed by atoms with E-state index in [0.717, 1.165) is 5.52 Å². The van der Waals surface area contributed by atoms with Crippen LogP contribution in [0.25, 0.3) is 11.0 Å². The molecule has 0 aliphatic heterocycles. The van der Waals surface area contributed by atoms with Gasteiger partial charge in [0.25, 0.3) is 0 Å². The van der Waals surface area contributed by atoms with E-state index in [1.165, 1.54) is 11.1 Å². The zero-order chi connectivity index (χ0) is 9.84. The first-order valence-electron chi connectivity index (χ1n) is 4.65. The highest BCUT2D eigenvalue weighted by atomic mass is 14.9. The van der Waals surface area contributed by atoms with Crippen molar-refractivity contribution in [2.45, 2.75) is 20.8 Å². The summed E-state index contributed by atoms with van der Waals surface area (Å²) in [7, 11) is 2.04. The molecule has 0 bridgehead atoms. The van der Waals surface area contributed by atoms with E-state index < -0.39 is 0 Å². The molecular formula is C11H16N2. The molecule has 0 spiro atoms. The number of hydrogen-bond donors (Lipinski definition) is 0. The monoisotopic (exact) mass is 176 g/mol. The van der Waals surface area contributed by atoms with Crippen LogP contribution in [-0.4, -0.2) is 9.55 Å². The van der Waals surface area contributed by atoms with Gasteiger partial charge < -0.3 is 4.57 Å². The van der Waals surface area contributed by atoms with Gasteiger partial charge in [0.05, 0.1) is 11.0 Å². The smallest absolute Gasteiger partial charge is 0.0909 e. The molecule has 0 aliphatic rings. The van der Waals surface area contributed by atoms with Crippen molar-refractivity contribution < 1.29 is 0 Å². The highest BCUT2D eigenvalue weighted by Gasteiger charge is 2.00. The Bertz CT molecular complexity index is 352. The third kappa shape index (κ3) is 1.72. The topological polar surface area (TPSA) is 17.8 Å². The molecule has 70 valence electrons. The molecule has 0 aliphatic carbocycles. The number of nitrogens with zero attached hydrogens (tertiary/aromatic N) is 2. The average molecular weight is 176 g/mol. The zero-order valence-corrected chi connectivity index (χ0v) is 8.70. The Balaban J connectivity index is 0.000000396. The van der Waals surface area contributed by atoms with Gasteiger partial charge in [-0.2, -0.15) is 0 Å². The van der Waals surface area contributed by atoms with Gasteiger partial charge in [-0.3, -0.25) is 4.98 Å². The molecule has 0 saturated carbocycles. The minimum absolute atomic E-state index is 1.11. The summed E-state index contributed by atoms with van der Waals surface area (Å²) < 4.78 is 2.09. The Labute approximate surface area is 79.2 Å². The van der Waals surface area contributed by atoms with Crippen molar-refractivity contribution >= 4 is 11.0 Å². The first kappa shape index (κ1) is 9.78. The molecule has 2 heteroatoms. The summed E-state index contributed by atoms with van der Waals surface area (Å²) >= 11 is 0. The third-order valence-corrected chi connectivity index (χ3v) is 1.93. The second kappa shape index (κ2) is 4.08. The molecule has 2 aromatic rings. The van der Waals surface area contributed by atoms with Gasteiger partial charge >= 0.3 is 0 Å². The summed E-state index contributed by atoms with van der Waals surface area (Å²) in [5, 5.41) is 0. The van der Waals surface area contributed by atoms with Crippen LogP contribution in [0.3, 0.4) is 0 Å². The van der Waals surface area contributed by atoms with Crippen molar-refractivity contribution in [1.29, 1.82) is 0 Å². The lowest BCUT2D eigenvalue weighted by atomic mass is 10.3. The van der Waals surface area contributed by atoms with Gasteiger partial charge in [0.1, 0.15) is 0 Å². The Morgan fingerprint density at radius 2 is 2.00 bits per heavy atom. The number of pyridine rings is 1. The molecular weight excluding hydrogens is 160 g/mol. The Morgan fingerprint density at radius 1 is 1.31 bits per heavy atom. The van der Waals surface area contributed by atoms with Gasteiger partial charge in [-0.15, -0.1) is 0 Å². The third-order valence-electron chi connectivity index (χ3n) is 1.93. The first-order valence-corrected chi connectivity index (χ1v) is 4.65. The summed E-state index contributed by atoms with van der Waals surface area (Å²) in [6.45, 7) is 6.08. The first-order chi connectivity index (χ1) is 6.29. The Kier molecular flexibility index (Phi) is 3.07. The fraction of sp³-hybridized carbons (Fsp3) is 0.364. The molecule has 0 radical (unpaired) electrons. The van der Waals surface area contributed by atoms with Crippen molar-refractivity contribution in [3.8, 4) is 0 Å². The quantitative estimate of drug-likeness (QED) is 0.603. The predicted octanol–water partition coefficient (Wildman–Crippen LogP) is 2.91. The van der Waals surface area contributed by atoms with Gasteiger partial charge in [-0.05, 0) is 24.6 Å². The van der Waals surface area contributed by atoms with Crippen LogP contribution < -0.4 is 0 Å². The maximum atomic E-state index is 4.28. The standard InChI is InChI=1S/C9H10N2.C2H6/c1-7-6-11(2)8-4-3-5-10-9(7)8;1-2/h3-6H,1-2H3;1-2H3.